The van der Waals surface area contributed by atoms with Crippen molar-refractivity contribution in [3.8, 4) is 5.69 Å². The fourth-order valence-electron chi connectivity index (χ4n) is 4.87. The number of piperidine rings is 1. The molecule has 1 aromatic heterocycles. The number of amides is 3. The molecule has 1 unspecified atom stereocenters. The Morgan fingerprint density at radius 3 is 2.57 bits per heavy atom. The fraction of sp³-hybridized carbons (Fsp3) is 0.500. The van der Waals surface area contributed by atoms with Crippen LogP contribution in [0.4, 0.5) is 0 Å². The number of carbonyl (C=O) groups is 3. The molecule has 8 heteroatoms. The van der Waals surface area contributed by atoms with Crippen LogP contribution in [0.1, 0.15) is 78.9 Å². The van der Waals surface area contributed by atoms with Crippen LogP contribution >= 0.6 is 0 Å². The Labute approximate surface area is 174 Å². The molecule has 0 spiro atoms. The molecule has 1 N–H and O–H groups in total. The molecule has 30 heavy (non-hydrogen) atoms. The highest BCUT2D eigenvalue weighted by Crippen LogP contribution is 2.32. The number of rotatable bonds is 3. The van der Waals surface area contributed by atoms with Crippen molar-refractivity contribution in [3.05, 3.63) is 41.2 Å². The monoisotopic (exact) mass is 407 g/mol. The Morgan fingerprint density at radius 2 is 1.80 bits per heavy atom. The minimum absolute atomic E-state index is 0.163. The van der Waals surface area contributed by atoms with Gasteiger partial charge in [-0.25, -0.2) is 4.68 Å². The van der Waals surface area contributed by atoms with Gasteiger partial charge in [0.2, 0.25) is 11.8 Å². The van der Waals surface area contributed by atoms with Crippen LogP contribution in [0.5, 0.6) is 0 Å². The SMILES string of the molecule is O=C1CCC(N2Cc3cc(-n4cc(C5CCCCCC5)nn4)ccc3C2=O)C(=O)N1. The van der Waals surface area contributed by atoms with Gasteiger partial charge in [-0.2, -0.15) is 0 Å². The number of imide groups is 1. The predicted octanol–water partition coefficient (Wildman–Crippen LogP) is 2.47. The molecule has 1 aromatic carbocycles. The van der Waals surface area contributed by atoms with Gasteiger partial charge in [-0.15, -0.1) is 5.10 Å². The Bertz CT molecular complexity index is 1010. The van der Waals surface area contributed by atoms with Crippen LogP contribution in [0, 0.1) is 0 Å². The van der Waals surface area contributed by atoms with Gasteiger partial charge >= 0.3 is 0 Å². The zero-order valence-electron chi connectivity index (χ0n) is 16.8. The summed E-state index contributed by atoms with van der Waals surface area (Å²) in [7, 11) is 0. The zero-order chi connectivity index (χ0) is 20.7. The molecule has 1 saturated heterocycles. The number of hydrogen-bond donors (Lipinski definition) is 1. The molecular formula is C22H25N5O3. The second-order valence-electron chi connectivity index (χ2n) is 8.52. The number of nitrogens with one attached hydrogen (secondary N) is 1. The molecule has 3 amide bonds. The van der Waals surface area contributed by atoms with Crippen LogP contribution in [0.3, 0.4) is 0 Å². The predicted molar refractivity (Wildman–Crippen MR) is 108 cm³/mol. The lowest BCUT2D eigenvalue weighted by Gasteiger charge is -2.29. The summed E-state index contributed by atoms with van der Waals surface area (Å²) in [6, 6.07) is 5.02. The second-order valence-corrected chi connectivity index (χ2v) is 8.52. The number of benzene rings is 1. The van der Waals surface area contributed by atoms with Crippen LogP contribution in [0.15, 0.2) is 24.4 Å². The lowest BCUT2D eigenvalue weighted by Crippen LogP contribution is -2.52. The van der Waals surface area contributed by atoms with E-state index in [9.17, 15) is 14.4 Å². The van der Waals surface area contributed by atoms with Crippen LogP contribution < -0.4 is 5.32 Å². The molecule has 5 rings (SSSR count). The summed E-state index contributed by atoms with van der Waals surface area (Å²) in [5, 5.41) is 11.1. The average molecular weight is 407 g/mol. The normalized spacial score (nSPS) is 22.7. The average Bonchev–Trinajstić information content (AvgIpc) is 3.24. The molecule has 2 aliphatic heterocycles. The minimum Gasteiger partial charge on any atom is -0.322 e. The molecule has 0 bridgehead atoms. The largest absolute Gasteiger partial charge is 0.322 e. The maximum atomic E-state index is 12.8. The molecule has 2 aromatic rings. The Balaban J connectivity index is 1.36. The zero-order valence-corrected chi connectivity index (χ0v) is 16.8. The maximum Gasteiger partial charge on any atom is 0.255 e. The third-order valence-electron chi connectivity index (χ3n) is 6.56. The van der Waals surface area contributed by atoms with Crippen molar-refractivity contribution in [3.63, 3.8) is 0 Å². The van der Waals surface area contributed by atoms with Crippen LogP contribution in [0.25, 0.3) is 5.69 Å². The van der Waals surface area contributed by atoms with Crippen molar-refractivity contribution < 1.29 is 14.4 Å². The highest BCUT2D eigenvalue weighted by Gasteiger charge is 2.39. The van der Waals surface area contributed by atoms with Gasteiger partial charge < -0.3 is 4.90 Å². The summed E-state index contributed by atoms with van der Waals surface area (Å²) >= 11 is 0. The highest BCUT2D eigenvalue weighted by molar-refractivity contribution is 6.05. The highest BCUT2D eigenvalue weighted by atomic mass is 16.2. The van der Waals surface area contributed by atoms with E-state index >= 15 is 0 Å². The van der Waals surface area contributed by atoms with E-state index in [1.165, 1.54) is 25.7 Å². The van der Waals surface area contributed by atoms with Gasteiger partial charge in [0, 0.05) is 24.4 Å². The van der Waals surface area contributed by atoms with E-state index < -0.39 is 11.9 Å². The summed E-state index contributed by atoms with van der Waals surface area (Å²) in [6.07, 6.45) is 10.0. The lowest BCUT2D eigenvalue weighted by atomic mass is 9.97. The minimum atomic E-state index is -0.598. The standard InChI is InChI=1S/C22H25N5O3/c28-20-10-9-19(21(29)23-20)26-12-15-11-16(7-8-17(15)22(26)30)27-13-18(24-25-27)14-5-3-1-2-4-6-14/h7-8,11,13-14,19H,1-6,9-10,12H2,(H,23,28,29). The quantitative estimate of drug-likeness (QED) is 0.623. The summed E-state index contributed by atoms with van der Waals surface area (Å²) in [6.45, 7) is 0.360. The van der Waals surface area contributed by atoms with Crippen molar-refractivity contribution in [2.24, 2.45) is 0 Å². The van der Waals surface area contributed by atoms with E-state index in [0.29, 0.717) is 24.4 Å². The van der Waals surface area contributed by atoms with Gasteiger partial charge in [0.1, 0.15) is 6.04 Å². The van der Waals surface area contributed by atoms with Gasteiger partial charge in [-0.1, -0.05) is 30.9 Å². The molecule has 3 heterocycles. The second kappa shape index (κ2) is 7.66. The summed E-state index contributed by atoms with van der Waals surface area (Å²) in [4.78, 5) is 38.0. The summed E-state index contributed by atoms with van der Waals surface area (Å²) < 4.78 is 1.78. The van der Waals surface area contributed by atoms with Crippen molar-refractivity contribution >= 4 is 17.7 Å². The number of fused-ring (bicyclic) bond motifs is 1. The van der Waals surface area contributed by atoms with Crippen molar-refractivity contribution in [1.29, 1.82) is 0 Å². The van der Waals surface area contributed by atoms with Gasteiger partial charge in [0.25, 0.3) is 5.91 Å². The van der Waals surface area contributed by atoms with Crippen molar-refractivity contribution in [2.45, 2.75) is 69.9 Å². The first kappa shape index (κ1) is 19.0. The first-order valence-electron chi connectivity index (χ1n) is 10.8. The topological polar surface area (TPSA) is 97.2 Å². The van der Waals surface area contributed by atoms with E-state index in [1.54, 1.807) is 15.6 Å². The molecule has 1 saturated carbocycles. The Hall–Kier alpha value is -3.03. The van der Waals surface area contributed by atoms with E-state index in [0.717, 1.165) is 29.8 Å². The number of aromatic nitrogens is 3. The molecule has 0 radical (unpaired) electrons. The lowest BCUT2D eigenvalue weighted by molar-refractivity contribution is -0.136. The van der Waals surface area contributed by atoms with E-state index in [1.807, 2.05) is 18.3 Å². The Kier molecular flexibility index (Phi) is 4.84. The van der Waals surface area contributed by atoms with Gasteiger partial charge in [-0.05, 0) is 43.0 Å². The van der Waals surface area contributed by atoms with Gasteiger partial charge in [0.15, 0.2) is 0 Å². The van der Waals surface area contributed by atoms with E-state index in [-0.39, 0.29) is 18.2 Å². The smallest absolute Gasteiger partial charge is 0.255 e. The maximum absolute atomic E-state index is 12.8. The molecule has 1 atom stereocenters. The third kappa shape index (κ3) is 3.40. The Morgan fingerprint density at radius 1 is 1.00 bits per heavy atom. The first-order valence-corrected chi connectivity index (χ1v) is 10.8. The fourth-order valence-corrected chi connectivity index (χ4v) is 4.87. The van der Waals surface area contributed by atoms with Crippen LogP contribution in [0.2, 0.25) is 0 Å². The number of nitrogens with zero attached hydrogens (tertiary/aromatic N) is 4. The first-order chi connectivity index (χ1) is 14.6. The molecule has 2 fully saturated rings. The van der Waals surface area contributed by atoms with Crippen molar-refractivity contribution in [2.75, 3.05) is 0 Å². The molecule has 156 valence electrons. The molecule has 3 aliphatic rings. The van der Waals surface area contributed by atoms with E-state index in [2.05, 4.69) is 15.6 Å². The van der Waals surface area contributed by atoms with Crippen LogP contribution in [-0.2, 0) is 16.1 Å². The number of hydrogen-bond acceptors (Lipinski definition) is 5. The van der Waals surface area contributed by atoms with Crippen LogP contribution in [-0.4, -0.2) is 43.7 Å². The third-order valence-corrected chi connectivity index (χ3v) is 6.56. The molecular weight excluding hydrogens is 382 g/mol. The molecule has 1 aliphatic carbocycles. The molecule has 8 nitrogen and oxygen atoms in total. The van der Waals surface area contributed by atoms with Crippen molar-refractivity contribution in [1.82, 2.24) is 25.2 Å². The summed E-state index contributed by atoms with van der Waals surface area (Å²) in [5.74, 6) is -0.362. The van der Waals surface area contributed by atoms with Gasteiger partial charge in [0.05, 0.1) is 17.6 Å². The summed E-state index contributed by atoms with van der Waals surface area (Å²) in [5.41, 5.74) is 3.37. The van der Waals surface area contributed by atoms with E-state index in [4.69, 9.17) is 0 Å². The van der Waals surface area contributed by atoms with Gasteiger partial charge in [-0.3, -0.25) is 19.7 Å². The number of carbonyl (C=O) groups excluding carboxylic acids is 3.